The molecule has 13 heteroatoms. The number of nitrogens with one attached hydrogen (secondary N) is 1. The Kier molecular flexibility index (Phi) is 7.76. The number of aromatic amines is 1. The van der Waals surface area contributed by atoms with Gasteiger partial charge in [0.05, 0.1) is 25.4 Å². The van der Waals surface area contributed by atoms with Gasteiger partial charge in [0.15, 0.2) is 0 Å². The maximum absolute atomic E-state index is 14.9. The average Bonchev–Trinajstić information content (AvgIpc) is 3.83. The van der Waals surface area contributed by atoms with Crippen LogP contribution < -0.4 is 20.2 Å². The van der Waals surface area contributed by atoms with E-state index in [0.29, 0.717) is 25.2 Å². The lowest BCUT2D eigenvalue weighted by atomic mass is 9.87. The Morgan fingerprint density at radius 2 is 1.60 bits per heavy atom. The van der Waals surface area contributed by atoms with E-state index in [-0.39, 0.29) is 18.2 Å². The van der Waals surface area contributed by atoms with Crippen LogP contribution in [0.25, 0.3) is 5.69 Å². The van der Waals surface area contributed by atoms with Crippen LogP contribution in [0.2, 0.25) is 0 Å². The van der Waals surface area contributed by atoms with Crippen molar-refractivity contribution in [2.45, 2.75) is 18.6 Å². The molecule has 45 heavy (non-hydrogen) atoms. The molecule has 2 aliphatic rings. The number of anilines is 2. The first-order valence-electron chi connectivity index (χ1n) is 14.8. The minimum Gasteiger partial charge on any atom is -0.493 e. The maximum atomic E-state index is 14.9. The quantitative estimate of drug-likeness (QED) is 0.268. The number of nitrogens with zero attached hydrogens (tertiary/aromatic N) is 7. The SMILES string of the molecule is O=c1[nH]ncn1-c1ccc(N2CCN(c3ccc(OC[C@@H]4CO[C@@](Cn5cncn5)(c5ccc(F)cc5F)C4)cc3)CC2)cc1. The van der Waals surface area contributed by atoms with Crippen LogP contribution in [0.3, 0.4) is 0 Å². The van der Waals surface area contributed by atoms with Crippen molar-refractivity contribution >= 4 is 11.4 Å². The first-order valence-corrected chi connectivity index (χ1v) is 14.8. The Labute approximate surface area is 257 Å². The van der Waals surface area contributed by atoms with E-state index < -0.39 is 17.2 Å². The van der Waals surface area contributed by atoms with E-state index in [1.54, 1.807) is 11.0 Å². The second kappa shape index (κ2) is 12.2. The van der Waals surface area contributed by atoms with Crippen LogP contribution in [0.5, 0.6) is 5.75 Å². The van der Waals surface area contributed by atoms with Crippen molar-refractivity contribution in [3.8, 4) is 11.4 Å². The Bertz CT molecular complexity index is 1780. The fourth-order valence-corrected chi connectivity index (χ4v) is 6.23. The van der Waals surface area contributed by atoms with Crippen molar-refractivity contribution in [1.82, 2.24) is 29.5 Å². The molecule has 232 valence electrons. The molecule has 0 spiro atoms. The number of ether oxygens (including phenoxy) is 2. The Morgan fingerprint density at radius 3 is 2.22 bits per heavy atom. The second-order valence-corrected chi connectivity index (χ2v) is 11.4. The number of aromatic nitrogens is 6. The number of halogens is 2. The largest absolute Gasteiger partial charge is 0.493 e. The van der Waals surface area contributed by atoms with Crippen LogP contribution in [0.15, 0.2) is 90.5 Å². The van der Waals surface area contributed by atoms with E-state index in [1.807, 2.05) is 36.4 Å². The van der Waals surface area contributed by atoms with Crippen LogP contribution in [-0.2, 0) is 16.9 Å². The highest BCUT2D eigenvalue weighted by Crippen LogP contribution is 2.42. The minimum absolute atomic E-state index is 0.000400. The van der Waals surface area contributed by atoms with Gasteiger partial charge in [-0.2, -0.15) is 10.2 Å². The molecule has 0 unspecified atom stereocenters. The molecule has 2 aromatic heterocycles. The van der Waals surface area contributed by atoms with Crippen molar-refractivity contribution in [1.29, 1.82) is 0 Å². The van der Waals surface area contributed by atoms with Gasteiger partial charge in [0.1, 0.15) is 42.0 Å². The molecule has 2 aliphatic heterocycles. The van der Waals surface area contributed by atoms with Crippen LogP contribution >= 0.6 is 0 Å². The Hall–Kier alpha value is -5.04. The molecule has 7 rings (SSSR count). The van der Waals surface area contributed by atoms with Crippen LogP contribution in [0.4, 0.5) is 20.2 Å². The molecule has 0 amide bonds. The molecule has 2 atom stereocenters. The molecule has 0 aliphatic carbocycles. The maximum Gasteiger partial charge on any atom is 0.347 e. The summed E-state index contributed by atoms with van der Waals surface area (Å²) < 4.78 is 44.0. The smallest absolute Gasteiger partial charge is 0.347 e. The molecule has 2 fully saturated rings. The van der Waals surface area contributed by atoms with Crippen molar-refractivity contribution < 1.29 is 18.3 Å². The number of H-pyrrole nitrogens is 1. The van der Waals surface area contributed by atoms with Gasteiger partial charge in [-0.15, -0.1) is 0 Å². The zero-order valence-corrected chi connectivity index (χ0v) is 24.4. The third kappa shape index (κ3) is 6.03. The lowest BCUT2D eigenvalue weighted by Crippen LogP contribution is -2.46. The Balaban J connectivity index is 0.936. The molecule has 11 nitrogen and oxygen atoms in total. The first-order chi connectivity index (χ1) is 22.0. The van der Waals surface area contributed by atoms with Crippen molar-refractivity contribution in [3.63, 3.8) is 0 Å². The monoisotopic (exact) mass is 614 g/mol. The van der Waals surface area contributed by atoms with Crippen molar-refractivity contribution in [2.24, 2.45) is 5.92 Å². The molecule has 5 aromatic rings. The van der Waals surface area contributed by atoms with Gasteiger partial charge in [-0.1, -0.05) is 6.07 Å². The molecule has 0 bridgehead atoms. The van der Waals surface area contributed by atoms with Crippen molar-refractivity contribution in [2.75, 3.05) is 49.2 Å². The topological polar surface area (TPSA) is 106 Å². The van der Waals surface area contributed by atoms with Gasteiger partial charge in [0.2, 0.25) is 0 Å². The summed E-state index contributed by atoms with van der Waals surface area (Å²) in [7, 11) is 0. The van der Waals surface area contributed by atoms with Crippen LogP contribution in [-0.4, -0.2) is 68.9 Å². The number of benzene rings is 3. The molecule has 2 saturated heterocycles. The summed E-state index contributed by atoms with van der Waals surface area (Å²) >= 11 is 0. The fraction of sp³-hybridized carbons (Fsp3) is 0.312. The zero-order chi connectivity index (χ0) is 30.8. The molecule has 1 N–H and O–H groups in total. The average molecular weight is 615 g/mol. The summed E-state index contributed by atoms with van der Waals surface area (Å²) in [6.45, 7) is 4.51. The lowest BCUT2D eigenvalue weighted by Gasteiger charge is -2.37. The molecule has 3 aromatic carbocycles. The molecular formula is C32H32F2N8O3. The highest BCUT2D eigenvalue weighted by molar-refractivity contribution is 5.54. The van der Waals surface area contributed by atoms with Gasteiger partial charge >= 0.3 is 5.69 Å². The van der Waals surface area contributed by atoms with Crippen molar-refractivity contribution in [3.05, 3.63) is 113 Å². The molecular weight excluding hydrogens is 582 g/mol. The summed E-state index contributed by atoms with van der Waals surface area (Å²) in [5.41, 5.74) is 2.04. The Morgan fingerprint density at radius 1 is 0.911 bits per heavy atom. The van der Waals surface area contributed by atoms with Crippen LogP contribution in [0.1, 0.15) is 12.0 Å². The van der Waals surface area contributed by atoms with Gasteiger partial charge in [0.25, 0.3) is 0 Å². The standard InChI is InChI=1S/C32H32F2N8O3/c33-24-1-10-29(30(34)15-24)32(19-41-21-35-20-37-41)16-23(18-45-32)17-44-28-8-6-26(7-9-28)40-13-11-39(12-14-40)25-2-4-27(5-3-25)42-22-36-38-31(42)43/h1-10,15,20-23H,11-14,16-19H2,(H,38,43)/t23-,32+/m1/s1. The molecule has 0 saturated carbocycles. The summed E-state index contributed by atoms with van der Waals surface area (Å²) in [5, 5.41) is 10.4. The van der Waals surface area contributed by atoms with Gasteiger partial charge in [-0.25, -0.2) is 32.9 Å². The minimum atomic E-state index is -1.01. The van der Waals surface area contributed by atoms with E-state index in [1.165, 1.54) is 29.4 Å². The van der Waals surface area contributed by atoms with Crippen LogP contribution in [0, 0.1) is 17.6 Å². The highest BCUT2D eigenvalue weighted by Gasteiger charge is 2.44. The van der Waals surface area contributed by atoms with E-state index in [0.717, 1.165) is 55.1 Å². The van der Waals surface area contributed by atoms with Gasteiger partial charge in [0, 0.05) is 55.1 Å². The fourth-order valence-electron chi connectivity index (χ4n) is 6.23. The molecule has 0 radical (unpaired) electrons. The highest BCUT2D eigenvalue weighted by atomic mass is 19.1. The third-order valence-corrected chi connectivity index (χ3v) is 8.53. The van der Waals surface area contributed by atoms with E-state index in [9.17, 15) is 13.6 Å². The number of hydrogen-bond acceptors (Lipinski definition) is 8. The second-order valence-electron chi connectivity index (χ2n) is 11.4. The summed E-state index contributed by atoms with van der Waals surface area (Å²) in [6.07, 6.45) is 4.94. The summed E-state index contributed by atoms with van der Waals surface area (Å²) in [5.74, 6) is -0.530. The lowest BCUT2D eigenvalue weighted by molar-refractivity contribution is -0.0206. The normalized spacial score (nSPS) is 20.1. The predicted octanol–water partition coefficient (Wildman–Crippen LogP) is 3.77. The summed E-state index contributed by atoms with van der Waals surface area (Å²) in [6, 6.07) is 19.6. The molecule has 4 heterocycles. The predicted molar refractivity (Wildman–Crippen MR) is 163 cm³/mol. The van der Waals surface area contributed by atoms with E-state index >= 15 is 0 Å². The number of hydrogen-bond donors (Lipinski definition) is 1. The first kappa shape index (κ1) is 28.7. The third-order valence-electron chi connectivity index (χ3n) is 8.53. The number of rotatable bonds is 9. The van der Waals surface area contributed by atoms with Gasteiger partial charge < -0.3 is 19.3 Å². The zero-order valence-electron chi connectivity index (χ0n) is 24.4. The van der Waals surface area contributed by atoms with Gasteiger partial charge in [-0.05, 0) is 61.0 Å². The van der Waals surface area contributed by atoms with E-state index in [2.05, 4.69) is 42.2 Å². The summed E-state index contributed by atoms with van der Waals surface area (Å²) in [4.78, 5) is 20.5. The van der Waals surface area contributed by atoms with E-state index in [4.69, 9.17) is 9.47 Å². The number of piperazine rings is 1. The van der Waals surface area contributed by atoms with Gasteiger partial charge in [-0.3, -0.25) is 0 Å².